The number of nitrogens with zero attached hydrogens (tertiary/aromatic N) is 3. The number of ether oxygens (including phenoxy) is 2. The van der Waals surface area contributed by atoms with Gasteiger partial charge in [0, 0.05) is 18.7 Å². The molecule has 0 aliphatic carbocycles. The molecule has 0 saturated carbocycles. The molecule has 14 nitrogen and oxygen atoms in total. The number of nitrogens with one attached hydrogen (secondary N) is 2. The average Bonchev–Trinajstić information content (AvgIpc) is 3.48. The summed E-state index contributed by atoms with van der Waals surface area (Å²) in [6.07, 6.45) is -0.610. The number of sulfone groups is 1. The Morgan fingerprint density at radius 1 is 0.953 bits per heavy atom. The molecule has 2 unspecified atom stereocenters. The summed E-state index contributed by atoms with van der Waals surface area (Å²) in [5.74, 6) is -4.46. The molecule has 2 aromatic carbocycles. The number of carbonyl (C=O) groups is 4. The van der Waals surface area contributed by atoms with Crippen molar-refractivity contribution in [2.75, 3.05) is 32.1 Å². The highest BCUT2D eigenvalue weighted by Crippen LogP contribution is 2.18. The lowest BCUT2D eigenvalue weighted by atomic mass is 10.1. The van der Waals surface area contributed by atoms with E-state index in [4.69, 9.17) is 14.0 Å². The largest absolute Gasteiger partial charge is 0.425 e. The summed E-state index contributed by atoms with van der Waals surface area (Å²) in [6, 6.07) is 13.4. The molecule has 0 radical (unpaired) electrons. The third-order valence-electron chi connectivity index (χ3n) is 6.42. The zero-order valence-electron chi connectivity index (χ0n) is 23.3. The number of hydrogen-bond acceptors (Lipinski definition) is 11. The number of amides is 3. The molecule has 0 bridgehead atoms. The molecular formula is C28H31N5O9S. The Kier molecular flexibility index (Phi) is 10.6. The van der Waals surface area contributed by atoms with Crippen molar-refractivity contribution in [1.82, 2.24) is 25.7 Å². The normalized spacial score (nSPS) is 14.8. The maximum Gasteiger partial charge on any atom is 0.425 e. The third-order valence-corrected chi connectivity index (χ3v) is 8.04. The van der Waals surface area contributed by atoms with Gasteiger partial charge in [0.25, 0.3) is 5.78 Å². The van der Waals surface area contributed by atoms with Crippen LogP contribution in [0.25, 0.3) is 11.4 Å². The van der Waals surface area contributed by atoms with E-state index in [2.05, 4.69) is 20.8 Å². The second kappa shape index (κ2) is 14.5. The summed E-state index contributed by atoms with van der Waals surface area (Å²) < 4.78 is 41.2. The van der Waals surface area contributed by atoms with Crippen LogP contribution in [-0.2, 0) is 34.7 Å². The smallest absolute Gasteiger partial charge is 0.378 e. The molecule has 228 valence electrons. The molecule has 1 fully saturated rings. The minimum Gasteiger partial charge on any atom is -0.378 e. The molecule has 15 heteroatoms. The standard InChI is InChI=1S/C28H31N5O9S/c1-2-21(23(34)26(36)41-28-31-24(32-42-28)20-11-7-4-8-12-20)29-25(35)22(30-27(37)33-13-15-40-16-14-33)18-43(38,39)17-19-9-5-3-6-10-19/h3-12,21-22H,2,13-18H2,1H3,(H,29,35)(H,30,37). The molecule has 3 amide bonds. The first-order chi connectivity index (χ1) is 20.6. The zero-order chi connectivity index (χ0) is 30.8. The van der Waals surface area contributed by atoms with Crippen molar-refractivity contribution in [2.24, 2.45) is 0 Å². The first-order valence-electron chi connectivity index (χ1n) is 13.5. The van der Waals surface area contributed by atoms with Crippen molar-refractivity contribution in [2.45, 2.75) is 31.2 Å². The second-order valence-electron chi connectivity index (χ2n) is 9.61. The van der Waals surface area contributed by atoms with E-state index in [-0.39, 0.29) is 44.3 Å². The molecular weight excluding hydrogens is 582 g/mol. The van der Waals surface area contributed by atoms with Gasteiger partial charge in [-0.1, -0.05) is 72.7 Å². The number of Topliss-reactive ketones (excluding diaryl/α,β-unsaturated/α-hetero) is 1. The van der Waals surface area contributed by atoms with E-state index in [9.17, 15) is 27.6 Å². The van der Waals surface area contributed by atoms with E-state index in [0.717, 1.165) is 0 Å². The molecule has 0 spiro atoms. The van der Waals surface area contributed by atoms with Crippen LogP contribution < -0.4 is 15.4 Å². The third kappa shape index (κ3) is 8.93. The van der Waals surface area contributed by atoms with Crippen molar-refractivity contribution >= 4 is 33.5 Å². The van der Waals surface area contributed by atoms with Gasteiger partial charge < -0.3 is 25.0 Å². The summed E-state index contributed by atoms with van der Waals surface area (Å²) in [7, 11) is -3.92. The van der Waals surface area contributed by atoms with Gasteiger partial charge in [-0.3, -0.25) is 14.1 Å². The fraction of sp³-hybridized carbons (Fsp3) is 0.357. The number of carbonyl (C=O) groups excluding carboxylic acids is 4. The number of esters is 1. The number of morpholine rings is 1. The summed E-state index contributed by atoms with van der Waals surface area (Å²) >= 11 is 0. The van der Waals surface area contributed by atoms with Gasteiger partial charge in [0.15, 0.2) is 9.84 Å². The summed E-state index contributed by atoms with van der Waals surface area (Å²) in [5.41, 5.74) is 1.09. The molecule has 1 aliphatic heterocycles. The van der Waals surface area contributed by atoms with Crippen LogP contribution in [0.2, 0.25) is 0 Å². The number of benzene rings is 2. The van der Waals surface area contributed by atoms with Gasteiger partial charge in [0.2, 0.25) is 11.7 Å². The average molecular weight is 614 g/mol. The van der Waals surface area contributed by atoms with E-state index in [1.165, 1.54) is 11.8 Å². The van der Waals surface area contributed by atoms with Crippen LogP contribution in [0.5, 0.6) is 6.08 Å². The number of aromatic nitrogens is 2. The minimum absolute atomic E-state index is 0.0420. The lowest BCUT2D eigenvalue weighted by molar-refractivity contribution is -0.149. The van der Waals surface area contributed by atoms with Crippen LogP contribution in [0.1, 0.15) is 18.9 Å². The number of rotatable bonds is 12. The van der Waals surface area contributed by atoms with E-state index in [1.54, 1.807) is 60.7 Å². The van der Waals surface area contributed by atoms with Gasteiger partial charge in [0.05, 0.1) is 30.8 Å². The number of ketones is 1. The number of hydrogen-bond donors (Lipinski definition) is 2. The molecule has 1 aliphatic rings. The molecule has 43 heavy (non-hydrogen) atoms. The van der Waals surface area contributed by atoms with Crippen LogP contribution in [0.4, 0.5) is 4.79 Å². The van der Waals surface area contributed by atoms with Crippen molar-refractivity contribution in [3.63, 3.8) is 0 Å². The Balaban J connectivity index is 1.44. The van der Waals surface area contributed by atoms with Crippen LogP contribution in [0, 0.1) is 0 Å². The summed E-state index contributed by atoms with van der Waals surface area (Å²) in [4.78, 5) is 57.0. The maximum absolute atomic E-state index is 13.3. The van der Waals surface area contributed by atoms with E-state index >= 15 is 0 Å². The monoisotopic (exact) mass is 613 g/mol. The summed E-state index contributed by atoms with van der Waals surface area (Å²) in [6.45, 7) is 2.61. The van der Waals surface area contributed by atoms with Crippen LogP contribution >= 0.6 is 0 Å². The Hall–Kier alpha value is -4.63. The van der Waals surface area contributed by atoms with Gasteiger partial charge in [0.1, 0.15) is 6.04 Å². The number of urea groups is 1. The van der Waals surface area contributed by atoms with E-state index in [1.807, 2.05) is 0 Å². The summed E-state index contributed by atoms with van der Waals surface area (Å²) in [5, 5.41) is 8.56. The van der Waals surface area contributed by atoms with Crippen molar-refractivity contribution < 1.29 is 41.6 Å². The van der Waals surface area contributed by atoms with E-state index in [0.29, 0.717) is 11.1 Å². The molecule has 1 aromatic heterocycles. The topological polar surface area (TPSA) is 187 Å². The van der Waals surface area contributed by atoms with Gasteiger partial charge in [-0.05, 0) is 12.0 Å². The highest BCUT2D eigenvalue weighted by Gasteiger charge is 2.34. The SMILES string of the molecule is CCC(NC(=O)C(CS(=O)(=O)Cc1ccccc1)NC(=O)N1CCOCC1)C(=O)C(=O)Oc1nc(-c2ccccc2)no1. The van der Waals surface area contributed by atoms with Gasteiger partial charge in [-0.2, -0.15) is 4.98 Å². The molecule has 3 aromatic rings. The van der Waals surface area contributed by atoms with Gasteiger partial charge in [-0.15, -0.1) is 0 Å². The Morgan fingerprint density at radius 3 is 2.26 bits per heavy atom. The predicted octanol–water partition coefficient (Wildman–Crippen LogP) is 1.13. The fourth-order valence-electron chi connectivity index (χ4n) is 4.18. The Labute approximate surface area is 247 Å². The van der Waals surface area contributed by atoms with Crippen molar-refractivity contribution in [1.29, 1.82) is 0 Å². The quantitative estimate of drug-likeness (QED) is 0.220. The second-order valence-corrected chi connectivity index (χ2v) is 11.7. The minimum atomic E-state index is -3.92. The molecule has 4 rings (SSSR count). The first-order valence-corrected chi connectivity index (χ1v) is 15.3. The van der Waals surface area contributed by atoms with Gasteiger partial charge in [-0.25, -0.2) is 18.0 Å². The molecule has 2 N–H and O–H groups in total. The zero-order valence-corrected chi connectivity index (χ0v) is 24.1. The van der Waals surface area contributed by atoms with Crippen LogP contribution in [0.3, 0.4) is 0 Å². The van der Waals surface area contributed by atoms with Gasteiger partial charge >= 0.3 is 18.1 Å². The maximum atomic E-state index is 13.3. The lowest BCUT2D eigenvalue weighted by Gasteiger charge is -2.29. The van der Waals surface area contributed by atoms with Crippen LogP contribution in [0.15, 0.2) is 65.2 Å². The molecule has 2 heterocycles. The lowest BCUT2D eigenvalue weighted by Crippen LogP contribution is -2.58. The molecule has 1 saturated heterocycles. The van der Waals surface area contributed by atoms with Crippen LogP contribution in [-0.4, -0.2) is 91.3 Å². The van der Waals surface area contributed by atoms with Crippen molar-refractivity contribution in [3.8, 4) is 17.5 Å². The highest BCUT2D eigenvalue weighted by atomic mass is 32.2. The fourth-order valence-corrected chi connectivity index (χ4v) is 5.74. The first kappa shape index (κ1) is 31.3. The van der Waals surface area contributed by atoms with E-state index < -0.39 is 57.4 Å². The predicted molar refractivity (Wildman–Crippen MR) is 151 cm³/mol. The Morgan fingerprint density at radius 2 is 1.60 bits per heavy atom. The Bertz CT molecular complexity index is 1520. The van der Waals surface area contributed by atoms with Crippen molar-refractivity contribution in [3.05, 3.63) is 66.2 Å². The highest BCUT2D eigenvalue weighted by molar-refractivity contribution is 7.90. The molecule has 2 atom stereocenters.